The van der Waals surface area contributed by atoms with Crippen LogP contribution in [-0.4, -0.2) is 0 Å². The number of hydrogen-bond donors (Lipinski definition) is 1. The molecule has 4 rings (SSSR count). The van der Waals surface area contributed by atoms with Gasteiger partial charge in [-0.3, -0.25) is 0 Å². The Balaban J connectivity index is 1.85. The van der Waals surface area contributed by atoms with Gasteiger partial charge in [-0.05, 0) is 28.0 Å². The first-order valence-electron chi connectivity index (χ1n) is 9.26. The van der Waals surface area contributed by atoms with Crippen LogP contribution in [0.4, 0.5) is 5.69 Å². The molecule has 0 saturated heterocycles. The first-order chi connectivity index (χ1) is 14.3. The van der Waals surface area contributed by atoms with Crippen LogP contribution >= 0.6 is 0 Å². The van der Waals surface area contributed by atoms with Crippen molar-refractivity contribution in [2.75, 3.05) is 5.32 Å². The predicted octanol–water partition coefficient (Wildman–Crippen LogP) is 6.38. The summed E-state index contributed by atoms with van der Waals surface area (Å²) in [5.41, 5.74) is 4.09. The monoisotopic (exact) mass is 371 g/mol. The molecule has 1 N–H and O–H groups in total. The number of nitriles is 2. The van der Waals surface area contributed by atoms with Crippen LogP contribution in [-0.2, 0) is 0 Å². The van der Waals surface area contributed by atoms with Gasteiger partial charge in [-0.1, -0.05) is 91.0 Å². The third-order valence-corrected chi connectivity index (χ3v) is 4.80. The standard InChI is InChI=1S/C26H17N3/c27-17-24(20-9-2-1-3-10-20)26(18-28)29-25-16-7-6-14-23(25)22-15-8-12-19-11-4-5-13-21(19)22/h1-16,29H/b26-24+. The van der Waals surface area contributed by atoms with Crippen LogP contribution in [0.2, 0.25) is 0 Å². The molecule has 4 aromatic carbocycles. The van der Waals surface area contributed by atoms with E-state index in [0.29, 0.717) is 11.1 Å². The third kappa shape index (κ3) is 3.58. The van der Waals surface area contributed by atoms with E-state index in [1.54, 1.807) is 0 Å². The largest absolute Gasteiger partial charge is 0.345 e. The average Bonchev–Trinajstić information content (AvgIpc) is 2.79. The number of hydrogen-bond acceptors (Lipinski definition) is 3. The molecule has 0 atom stereocenters. The van der Waals surface area contributed by atoms with Gasteiger partial charge in [0.25, 0.3) is 0 Å². The Morgan fingerprint density at radius 2 is 1.28 bits per heavy atom. The zero-order valence-corrected chi connectivity index (χ0v) is 15.6. The van der Waals surface area contributed by atoms with E-state index in [4.69, 9.17) is 0 Å². The Morgan fingerprint density at radius 3 is 2.07 bits per heavy atom. The number of nitrogens with zero attached hydrogens (tertiary/aromatic N) is 2. The fourth-order valence-corrected chi connectivity index (χ4v) is 3.44. The van der Waals surface area contributed by atoms with E-state index in [9.17, 15) is 10.5 Å². The lowest BCUT2D eigenvalue weighted by Crippen LogP contribution is -2.02. The minimum absolute atomic E-state index is 0.228. The van der Waals surface area contributed by atoms with Gasteiger partial charge >= 0.3 is 0 Å². The van der Waals surface area contributed by atoms with E-state index in [1.807, 2.05) is 72.8 Å². The van der Waals surface area contributed by atoms with E-state index in [-0.39, 0.29) is 5.70 Å². The maximum atomic E-state index is 9.76. The highest BCUT2D eigenvalue weighted by Gasteiger charge is 2.13. The van der Waals surface area contributed by atoms with Gasteiger partial charge in [0, 0.05) is 11.3 Å². The molecule has 0 radical (unpaired) electrons. The molecular weight excluding hydrogens is 354 g/mol. The van der Waals surface area contributed by atoms with Crippen LogP contribution in [0.5, 0.6) is 0 Å². The first kappa shape index (κ1) is 18.0. The number of fused-ring (bicyclic) bond motifs is 1. The van der Waals surface area contributed by atoms with Crippen molar-refractivity contribution < 1.29 is 0 Å². The van der Waals surface area contributed by atoms with Crippen LogP contribution in [0.25, 0.3) is 27.5 Å². The molecule has 0 amide bonds. The van der Waals surface area contributed by atoms with Gasteiger partial charge in [-0.2, -0.15) is 10.5 Å². The molecule has 0 saturated carbocycles. The quantitative estimate of drug-likeness (QED) is 0.424. The smallest absolute Gasteiger partial charge is 0.136 e. The normalized spacial score (nSPS) is 11.2. The van der Waals surface area contributed by atoms with E-state index >= 15 is 0 Å². The number of nitrogens with one attached hydrogen (secondary N) is 1. The van der Waals surface area contributed by atoms with Crippen molar-refractivity contribution >= 4 is 22.0 Å². The molecular formula is C26H17N3. The van der Waals surface area contributed by atoms with E-state index < -0.39 is 0 Å². The lowest BCUT2D eigenvalue weighted by atomic mass is 9.96. The van der Waals surface area contributed by atoms with Crippen molar-refractivity contribution in [1.82, 2.24) is 0 Å². The molecule has 0 aliphatic rings. The van der Waals surface area contributed by atoms with Gasteiger partial charge in [0.15, 0.2) is 0 Å². The highest BCUT2D eigenvalue weighted by Crippen LogP contribution is 2.34. The molecule has 0 aliphatic carbocycles. The molecule has 4 aromatic rings. The van der Waals surface area contributed by atoms with E-state index in [2.05, 4.69) is 41.7 Å². The minimum atomic E-state index is 0.228. The molecule has 29 heavy (non-hydrogen) atoms. The average molecular weight is 371 g/mol. The zero-order valence-electron chi connectivity index (χ0n) is 15.6. The summed E-state index contributed by atoms with van der Waals surface area (Å²) in [6.07, 6.45) is 0. The Morgan fingerprint density at radius 1 is 0.621 bits per heavy atom. The SMILES string of the molecule is N#C/C(Nc1ccccc1-c1cccc2ccccc12)=C(/C#N)c1ccccc1. The zero-order chi connectivity index (χ0) is 20.1. The lowest BCUT2D eigenvalue weighted by molar-refractivity contribution is 1.41. The highest BCUT2D eigenvalue weighted by molar-refractivity contribution is 6.00. The summed E-state index contributed by atoms with van der Waals surface area (Å²) in [4.78, 5) is 0. The molecule has 0 aromatic heterocycles. The van der Waals surface area contributed by atoms with Crippen LogP contribution < -0.4 is 5.32 Å². The molecule has 3 nitrogen and oxygen atoms in total. The topological polar surface area (TPSA) is 59.6 Å². The second-order valence-electron chi connectivity index (χ2n) is 6.54. The molecule has 0 bridgehead atoms. The summed E-state index contributed by atoms with van der Waals surface area (Å²) >= 11 is 0. The highest BCUT2D eigenvalue weighted by atomic mass is 14.9. The van der Waals surface area contributed by atoms with Gasteiger partial charge in [0.05, 0.1) is 5.57 Å². The summed E-state index contributed by atoms with van der Waals surface area (Å²) in [5, 5.41) is 24.9. The Hall–Kier alpha value is -4.34. The summed E-state index contributed by atoms with van der Waals surface area (Å²) in [5.74, 6) is 0. The van der Waals surface area contributed by atoms with Crippen LogP contribution in [0, 0.1) is 22.7 Å². The van der Waals surface area contributed by atoms with Crippen molar-refractivity contribution in [2.45, 2.75) is 0 Å². The molecule has 136 valence electrons. The molecule has 0 spiro atoms. The van der Waals surface area contributed by atoms with Gasteiger partial charge in [-0.15, -0.1) is 0 Å². The van der Waals surface area contributed by atoms with Crippen LogP contribution in [0.3, 0.4) is 0 Å². The van der Waals surface area contributed by atoms with Crippen molar-refractivity contribution in [2.24, 2.45) is 0 Å². The van der Waals surface area contributed by atoms with Gasteiger partial charge < -0.3 is 5.32 Å². The summed E-state index contributed by atoms with van der Waals surface area (Å²) < 4.78 is 0. The Labute approximate surface area is 169 Å². The fraction of sp³-hybridized carbons (Fsp3) is 0. The Kier molecular flexibility index (Phi) is 5.06. The van der Waals surface area contributed by atoms with Gasteiger partial charge in [-0.25, -0.2) is 0 Å². The van der Waals surface area contributed by atoms with Crippen LogP contribution in [0.1, 0.15) is 5.56 Å². The maximum absolute atomic E-state index is 9.76. The second kappa shape index (κ2) is 8.13. The number of benzene rings is 4. The van der Waals surface area contributed by atoms with Crippen LogP contribution in [0.15, 0.2) is 103 Å². The summed E-state index contributed by atoms with van der Waals surface area (Å²) in [6, 6.07) is 35.8. The summed E-state index contributed by atoms with van der Waals surface area (Å²) in [7, 11) is 0. The fourth-order valence-electron chi connectivity index (χ4n) is 3.44. The third-order valence-electron chi connectivity index (χ3n) is 4.80. The number of anilines is 1. The first-order valence-corrected chi connectivity index (χ1v) is 9.26. The van der Waals surface area contributed by atoms with E-state index in [1.165, 1.54) is 0 Å². The Bertz CT molecular complexity index is 1280. The van der Waals surface area contributed by atoms with Crippen molar-refractivity contribution in [3.05, 3.63) is 108 Å². The maximum Gasteiger partial charge on any atom is 0.136 e. The predicted molar refractivity (Wildman–Crippen MR) is 118 cm³/mol. The van der Waals surface area contributed by atoms with Gasteiger partial charge in [0.1, 0.15) is 17.8 Å². The molecule has 0 unspecified atom stereocenters. The van der Waals surface area contributed by atoms with Crippen molar-refractivity contribution in [3.8, 4) is 23.3 Å². The van der Waals surface area contributed by atoms with Crippen molar-refractivity contribution in [3.63, 3.8) is 0 Å². The number of allylic oxidation sites excluding steroid dienone is 2. The van der Waals surface area contributed by atoms with E-state index in [0.717, 1.165) is 27.6 Å². The lowest BCUT2D eigenvalue weighted by Gasteiger charge is -2.14. The molecule has 0 heterocycles. The molecule has 0 aliphatic heterocycles. The minimum Gasteiger partial charge on any atom is -0.345 e. The summed E-state index contributed by atoms with van der Waals surface area (Å²) in [6.45, 7) is 0. The van der Waals surface area contributed by atoms with Crippen molar-refractivity contribution in [1.29, 1.82) is 10.5 Å². The molecule has 0 fully saturated rings. The number of para-hydroxylation sites is 1. The molecule has 3 heteroatoms. The number of rotatable bonds is 4. The van der Waals surface area contributed by atoms with Gasteiger partial charge in [0.2, 0.25) is 0 Å². The second-order valence-corrected chi connectivity index (χ2v) is 6.54.